The van der Waals surface area contributed by atoms with Crippen molar-refractivity contribution in [2.75, 3.05) is 5.43 Å². The van der Waals surface area contributed by atoms with Crippen LogP contribution in [-0.4, -0.2) is 13.4 Å². The third-order valence-electron chi connectivity index (χ3n) is 2.98. The van der Waals surface area contributed by atoms with Gasteiger partial charge in [-0.3, -0.25) is 5.43 Å². The second kappa shape index (κ2) is 6.75. The predicted molar refractivity (Wildman–Crippen MR) is 84.4 cm³/mol. The summed E-state index contributed by atoms with van der Waals surface area (Å²) in [6.07, 6.45) is -4.07. The van der Waals surface area contributed by atoms with Gasteiger partial charge in [0, 0.05) is 11.2 Å². The van der Waals surface area contributed by atoms with Crippen molar-refractivity contribution in [2.24, 2.45) is 0 Å². The van der Waals surface area contributed by atoms with Crippen molar-refractivity contribution in [3.05, 3.63) is 51.6 Å². The van der Waals surface area contributed by atoms with E-state index in [9.17, 15) is 21.6 Å². The van der Waals surface area contributed by atoms with E-state index in [2.05, 4.69) is 10.4 Å². The first-order valence-electron chi connectivity index (χ1n) is 6.28. The molecule has 0 aliphatic heterocycles. The number of nitrogens with one attached hydrogen (secondary N) is 2. The first kappa shape index (κ1) is 18.8. The van der Waals surface area contributed by atoms with Crippen LogP contribution in [0, 0.1) is 6.92 Å². The number of anilines is 1. The largest absolute Gasteiger partial charge is 0.417 e. The van der Waals surface area contributed by atoms with Gasteiger partial charge in [0.1, 0.15) is 0 Å². The van der Waals surface area contributed by atoms with Crippen LogP contribution in [0.5, 0.6) is 0 Å². The van der Waals surface area contributed by atoms with E-state index in [1.54, 1.807) is 0 Å². The molecule has 0 aliphatic carbocycles. The molecular weight excluding hydrogens is 390 g/mol. The van der Waals surface area contributed by atoms with Gasteiger partial charge in [0.05, 0.1) is 15.5 Å². The van der Waals surface area contributed by atoms with E-state index in [1.807, 2.05) is 4.83 Å². The fourth-order valence-corrected chi connectivity index (χ4v) is 3.29. The van der Waals surface area contributed by atoms with Crippen molar-refractivity contribution in [1.29, 1.82) is 0 Å². The van der Waals surface area contributed by atoms with E-state index in [1.165, 1.54) is 25.1 Å². The first-order chi connectivity index (χ1) is 11.0. The van der Waals surface area contributed by atoms with Gasteiger partial charge in [-0.1, -0.05) is 29.3 Å². The molecule has 0 amide bonds. The molecule has 24 heavy (non-hydrogen) atoms. The van der Waals surface area contributed by atoms with E-state index >= 15 is 0 Å². The van der Waals surface area contributed by atoms with Crippen molar-refractivity contribution in [3.8, 4) is 0 Å². The third kappa shape index (κ3) is 4.10. The summed E-state index contributed by atoms with van der Waals surface area (Å²) in [5.74, 6) is -0.270. The standard InChI is InChI=1S/C13H10Cl2F3N3O2S/c1-7-9(14)3-2-4-11(7)24(22,23)21-20-12-10(15)5-8(6-19-12)13(16,17)18/h2-6,21H,1H3,(H,19,20). The topological polar surface area (TPSA) is 71.1 Å². The first-order valence-corrected chi connectivity index (χ1v) is 8.52. The van der Waals surface area contributed by atoms with Gasteiger partial charge < -0.3 is 0 Å². The molecule has 1 aromatic heterocycles. The van der Waals surface area contributed by atoms with Crippen LogP contribution in [0.4, 0.5) is 19.0 Å². The monoisotopic (exact) mass is 399 g/mol. The van der Waals surface area contributed by atoms with Gasteiger partial charge in [-0.05, 0) is 30.7 Å². The quantitative estimate of drug-likeness (QED) is 0.761. The van der Waals surface area contributed by atoms with Crippen molar-refractivity contribution in [2.45, 2.75) is 18.0 Å². The highest BCUT2D eigenvalue weighted by molar-refractivity contribution is 7.89. The van der Waals surface area contributed by atoms with Gasteiger partial charge in [0.2, 0.25) is 0 Å². The minimum atomic E-state index is -4.60. The Labute approximate surface area is 145 Å². The van der Waals surface area contributed by atoms with E-state index < -0.39 is 26.8 Å². The highest BCUT2D eigenvalue weighted by Gasteiger charge is 2.31. The Morgan fingerprint density at radius 3 is 2.42 bits per heavy atom. The molecular formula is C13H10Cl2F3N3O2S. The van der Waals surface area contributed by atoms with Gasteiger partial charge in [-0.2, -0.15) is 13.2 Å². The van der Waals surface area contributed by atoms with E-state index in [0.29, 0.717) is 17.8 Å². The number of aromatic nitrogens is 1. The van der Waals surface area contributed by atoms with Gasteiger partial charge in [0.15, 0.2) is 5.82 Å². The van der Waals surface area contributed by atoms with Crippen LogP contribution in [0.15, 0.2) is 35.4 Å². The second-order valence-electron chi connectivity index (χ2n) is 4.65. The number of sulfonamides is 1. The van der Waals surface area contributed by atoms with Gasteiger partial charge in [0.25, 0.3) is 10.0 Å². The molecule has 0 atom stereocenters. The number of halogens is 5. The molecule has 0 unspecified atom stereocenters. The van der Waals surface area contributed by atoms with Crippen LogP contribution in [-0.2, 0) is 16.2 Å². The molecule has 0 bridgehead atoms. The number of benzene rings is 1. The second-order valence-corrected chi connectivity index (χ2v) is 7.11. The van der Waals surface area contributed by atoms with E-state index in [-0.39, 0.29) is 15.7 Å². The summed E-state index contributed by atoms with van der Waals surface area (Å²) in [6.45, 7) is 1.51. The summed E-state index contributed by atoms with van der Waals surface area (Å²) in [5, 5.41) is -0.140. The number of hydrogen-bond donors (Lipinski definition) is 2. The highest BCUT2D eigenvalue weighted by atomic mass is 35.5. The Balaban J connectivity index is 2.23. The zero-order valence-corrected chi connectivity index (χ0v) is 14.3. The average Bonchev–Trinajstić information content (AvgIpc) is 2.47. The lowest BCUT2D eigenvalue weighted by molar-refractivity contribution is -0.137. The van der Waals surface area contributed by atoms with Crippen molar-refractivity contribution < 1.29 is 21.6 Å². The molecule has 11 heteroatoms. The maximum Gasteiger partial charge on any atom is 0.417 e. The van der Waals surface area contributed by atoms with Crippen LogP contribution >= 0.6 is 23.2 Å². The normalized spacial score (nSPS) is 12.2. The van der Waals surface area contributed by atoms with Crippen LogP contribution in [0.3, 0.4) is 0 Å². The molecule has 1 aromatic carbocycles. The molecule has 0 saturated heterocycles. The lowest BCUT2D eigenvalue weighted by atomic mass is 10.2. The van der Waals surface area contributed by atoms with Crippen LogP contribution in [0.25, 0.3) is 0 Å². The molecule has 130 valence electrons. The lowest BCUT2D eigenvalue weighted by Gasteiger charge is -2.13. The fraction of sp³-hybridized carbons (Fsp3) is 0.154. The minimum Gasteiger partial charge on any atom is -0.291 e. The van der Waals surface area contributed by atoms with Crippen molar-refractivity contribution >= 4 is 39.0 Å². The van der Waals surface area contributed by atoms with Crippen molar-refractivity contribution in [1.82, 2.24) is 9.82 Å². The summed E-state index contributed by atoms with van der Waals surface area (Å²) in [4.78, 5) is 5.37. The number of hydrogen-bond acceptors (Lipinski definition) is 4. The maximum atomic E-state index is 12.5. The molecule has 0 aliphatic rings. The summed E-state index contributed by atoms with van der Waals surface area (Å²) >= 11 is 11.6. The zero-order valence-electron chi connectivity index (χ0n) is 11.9. The Hall–Kier alpha value is -1.55. The smallest absolute Gasteiger partial charge is 0.291 e. The van der Waals surface area contributed by atoms with E-state index in [0.717, 1.165) is 0 Å². The molecule has 2 aromatic rings. The molecule has 0 radical (unpaired) electrons. The zero-order chi connectivity index (χ0) is 18.1. The van der Waals surface area contributed by atoms with Gasteiger partial charge >= 0.3 is 6.18 Å². The third-order valence-corrected chi connectivity index (χ3v) is 5.07. The summed E-state index contributed by atoms with van der Waals surface area (Å²) in [5.41, 5.74) is 1.46. The Morgan fingerprint density at radius 2 is 1.83 bits per heavy atom. The van der Waals surface area contributed by atoms with Gasteiger partial charge in [-0.25, -0.2) is 13.4 Å². The summed E-state index contributed by atoms with van der Waals surface area (Å²) in [7, 11) is -4.03. The number of hydrazine groups is 1. The highest BCUT2D eigenvalue weighted by Crippen LogP contribution is 2.32. The SMILES string of the molecule is Cc1c(Cl)cccc1S(=O)(=O)NNc1ncc(C(F)(F)F)cc1Cl. The molecule has 1 heterocycles. The number of rotatable bonds is 4. The van der Waals surface area contributed by atoms with Gasteiger partial charge in [-0.15, -0.1) is 4.83 Å². The van der Waals surface area contributed by atoms with E-state index in [4.69, 9.17) is 23.2 Å². The summed E-state index contributed by atoms with van der Waals surface area (Å²) in [6, 6.07) is 4.94. The van der Waals surface area contributed by atoms with Crippen molar-refractivity contribution in [3.63, 3.8) is 0 Å². The molecule has 0 saturated carbocycles. The maximum absolute atomic E-state index is 12.5. The number of nitrogens with zero attached hydrogens (tertiary/aromatic N) is 1. The Kier molecular flexibility index (Phi) is 5.28. The number of pyridine rings is 1. The molecule has 2 N–H and O–H groups in total. The van der Waals surface area contributed by atoms with Crippen LogP contribution in [0.2, 0.25) is 10.0 Å². The predicted octanol–water partition coefficient (Wildman–Crippen LogP) is 4.02. The number of alkyl halides is 3. The molecule has 0 fully saturated rings. The minimum absolute atomic E-state index is 0.0921. The Bertz CT molecular complexity index is 873. The average molecular weight is 400 g/mol. The van der Waals surface area contributed by atoms with Crippen LogP contribution < -0.4 is 10.3 Å². The molecule has 5 nitrogen and oxygen atoms in total. The van der Waals surface area contributed by atoms with Crippen LogP contribution in [0.1, 0.15) is 11.1 Å². The molecule has 2 rings (SSSR count). The Morgan fingerprint density at radius 1 is 1.17 bits per heavy atom. The fourth-order valence-electron chi connectivity index (χ4n) is 1.73. The molecule has 0 spiro atoms. The summed E-state index contributed by atoms with van der Waals surface area (Å²) < 4.78 is 62.1. The lowest BCUT2D eigenvalue weighted by Crippen LogP contribution is -2.30.